The highest BCUT2D eigenvalue weighted by atomic mass is 35.5. The average Bonchev–Trinajstić information content (AvgIpc) is 3.23. The third-order valence-corrected chi connectivity index (χ3v) is 5.78. The van der Waals surface area contributed by atoms with Crippen LogP contribution in [0.3, 0.4) is 0 Å². The standard InChI is InChI=1S/C26H26ClN3O2/c1-2-32-26(31)30-24(21-16-10-5-11-17-21)23(20-14-8-4-9-15-20)29-25(30)28-22(18-27)19-12-6-3-7-13-19/h3-17,22-24H,2,18H2,1H3,(H,28,29)/t22-,23-,24-/m0/s1. The molecule has 1 heterocycles. The number of nitrogens with one attached hydrogen (secondary N) is 1. The first-order chi connectivity index (χ1) is 15.7. The number of alkyl halides is 1. The van der Waals surface area contributed by atoms with E-state index in [4.69, 9.17) is 21.3 Å². The minimum Gasteiger partial charge on any atom is -0.449 e. The molecule has 0 saturated carbocycles. The van der Waals surface area contributed by atoms with Gasteiger partial charge < -0.3 is 10.1 Å². The molecule has 1 N–H and O–H groups in total. The van der Waals surface area contributed by atoms with Crippen molar-refractivity contribution in [1.29, 1.82) is 0 Å². The maximum atomic E-state index is 13.2. The third-order valence-electron chi connectivity index (χ3n) is 5.47. The molecule has 0 fully saturated rings. The number of hydrogen-bond donors (Lipinski definition) is 1. The summed E-state index contributed by atoms with van der Waals surface area (Å²) < 4.78 is 5.45. The van der Waals surface area contributed by atoms with Gasteiger partial charge in [-0.3, -0.25) is 0 Å². The van der Waals surface area contributed by atoms with E-state index in [0.29, 0.717) is 11.8 Å². The molecule has 3 aromatic carbocycles. The van der Waals surface area contributed by atoms with E-state index in [1.54, 1.807) is 11.8 Å². The first-order valence-electron chi connectivity index (χ1n) is 10.7. The molecule has 0 radical (unpaired) electrons. The van der Waals surface area contributed by atoms with Crippen LogP contribution in [0.15, 0.2) is 96.0 Å². The second kappa shape index (κ2) is 10.3. The Morgan fingerprint density at radius 2 is 1.53 bits per heavy atom. The lowest BCUT2D eigenvalue weighted by molar-refractivity contribution is 0.116. The van der Waals surface area contributed by atoms with Crippen LogP contribution in [0.5, 0.6) is 0 Å². The number of halogens is 1. The molecule has 1 aliphatic rings. The molecule has 3 aromatic rings. The quantitative estimate of drug-likeness (QED) is 0.481. The van der Waals surface area contributed by atoms with Crippen molar-refractivity contribution in [3.05, 3.63) is 108 Å². The molecule has 3 atom stereocenters. The van der Waals surface area contributed by atoms with Crippen molar-refractivity contribution < 1.29 is 9.53 Å². The molecule has 0 aliphatic carbocycles. The van der Waals surface area contributed by atoms with Crippen molar-refractivity contribution >= 4 is 23.7 Å². The summed E-state index contributed by atoms with van der Waals surface area (Å²) in [6, 6.07) is 29.0. The fourth-order valence-corrected chi connectivity index (χ4v) is 4.23. The molecule has 164 valence electrons. The Bertz CT molecular complexity index is 1040. The zero-order valence-corrected chi connectivity index (χ0v) is 18.7. The molecule has 4 rings (SSSR count). The van der Waals surface area contributed by atoms with Gasteiger partial charge in [-0.1, -0.05) is 91.0 Å². The number of amides is 1. The largest absolute Gasteiger partial charge is 0.449 e. The lowest BCUT2D eigenvalue weighted by atomic mass is 9.94. The van der Waals surface area contributed by atoms with E-state index in [9.17, 15) is 4.79 Å². The Morgan fingerprint density at radius 1 is 0.969 bits per heavy atom. The topological polar surface area (TPSA) is 53.9 Å². The van der Waals surface area contributed by atoms with Gasteiger partial charge in [-0.2, -0.15) is 0 Å². The molecule has 1 amide bonds. The zero-order valence-electron chi connectivity index (χ0n) is 17.9. The molecular weight excluding hydrogens is 422 g/mol. The summed E-state index contributed by atoms with van der Waals surface area (Å²) in [7, 11) is 0. The van der Waals surface area contributed by atoms with E-state index < -0.39 is 6.09 Å². The Hall–Kier alpha value is -3.31. The Kier molecular flexibility index (Phi) is 7.07. The predicted molar refractivity (Wildman–Crippen MR) is 128 cm³/mol. The highest BCUT2D eigenvalue weighted by Crippen LogP contribution is 2.42. The van der Waals surface area contributed by atoms with Gasteiger partial charge in [0.2, 0.25) is 5.96 Å². The van der Waals surface area contributed by atoms with E-state index in [0.717, 1.165) is 16.7 Å². The van der Waals surface area contributed by atoms with Crippen molar-refractivity contribution in [3.8, 4) is 0 Å². The highest BCUT2D eigenvalue weighted by Gasteiger charge is 2.43. The fourth-order valence-electron chi connectivity index (χ4n) is 3.98. The summed E-state index contributed by atoms with van der Waals surface area (Å²) in [4.78, 5) is 19.8. The van der Waals surface area contributed by atoms with Gasteiger partial charge in [0.1, 0.15) is 6.04 Å². The third kappa shape index (κ3) is 4.63. The lowest BCUT2D eigenvalue weighted by Gasteiger charge is -2.30. The minimum absolute atomic E-state index is 0.209. The molecule has 0 spiro atoms. The summed E-state index contributed by atoms with van der Waals surface area (Å²) in [5.41, 5.74) is 3.03. The van der Waals surface area contributed by atoms with E-state index in [-0.39, 0.29) is 24.7 Å². The van der Waals surface area contributed by atoms with Crippen LogP contribution in [0.1, 0.15) is 41.7 Å². The second-order valence-corrected chi connectivity index (χ2v) is 7.80. The number of guanidine groups is 1. The van der Waals surface area contributed by atoms with Crippen LogP contribution in [0.4, 0.5) is 4.79 Å². The minimum atomic E-state index is -0.438. The molecule has 5 nitrogen and oxygen atoms in total. The van der Waals surface area contributed by atoms with Gasteiger partial charge in [-0.05, 0) is 23.6 Å². The van der Waals surface area contributed by atoms with Crippen molar-refractivity contribution in [2.75, 3.05) is 12.5 Å². The molecule has 0 aromatic heterocycles. The van der Waals surface area contributed by atoms with Gasteiger partial charge in [-0.15, -0.1) is 11.6 Å². The van der Waals surface area contributed by atoms with Gasteiger partial charge in [0.05, 0.1) is 18.7 Å². The monoisotopic (exact) mass is 447 g/mol. The van der Waals surface area contributed by atoms with Crippen molar-refractivity contribution in [3.63, 3.8) is 0 Å². The van der Waals surface area contributed by atoms with Gasteiger partial charge in [0.15, 0.2) is 0 Å². The number of benzene rings is 3. The number of aliphatic imine (C=N–C) groups is 1. The van der Waals surface area contributed by atoms with E-state index >= 15 is 0 Å². The van der Waals surface area contributed by atoms with E-state index in [2.05, 4.69) is 5.32 Å². The molecule has 1 aliphatic heterocycles. The number of nitrogens with zero attached hydrogens (tertiary/aromatic N) is 2. The van der Waals surface area contributed by atoms with Gasteiger partial charge in [0, 0.05) is 5.88 Å². The first-order valence-corrected chi connectivity index (χ1v) is 11.3. The molecule has 0 bridgehead atoms. The maximum Gasteiger partial charge on any atom is 0.417 e. The lowest BCUT2D eigenvalue weighted by Crippen LogP contribution is -2.45. The van der Waals surface area contributed by atoms with Crippen LogP contribution in [-0.2, 0) is 4.74 Å². The second-order valence-electron chi connectivity index (χ2n) is 7.49. The number of carbonyl (C=O) groups excluding carboxylic acids is 1. The fraction of sp³-hybridized carbons (Fsp3) is 0.231. The van der Waals surface area contributed by atoms with Crippen LogP contribution in [-0.4, -0.2) is 29.4 Å². The number of carbonyl (C=O) groups is 1. The van der Waals surface area contributed by atoms with E-state index in [1.807, 2.05) is 91.0 Å². The van der Waals surface area contributed by atoms with Crippen LogP contribution in [0.2, 0.25) is 0 Å². The van der Waals surface area contributed by atoms with Crippen LogP contribution < -0.4 is 5.32 Å². The number of hydrogen-bond acceptors (Lipinski definition) is 4. The van der Waals surface area contributed by atoms with Crippen LogP contribution >= 0.6 is 11.6 Å². The molecule has 6 heteroatoms. The maximum absolute atomic E-state index is 13.2. The Balaban J connectivity index is 1.77. The van der Waals surface area contributed by atoms with Crippen molar-refractivity contribution in [2.24, 2.45) is 4.99 Å². The first kappa shape index (κ1) is 21.9. The highest BCUT2D eigenvalue weighted by molar-refractivity contribution is 6.18. The zero-order chi connectivity index (χ0) is 22.3. The SMILES string of the molecule is CCOC(=O)N1C(N[C@@H](CCl)c2ccccc2)=N[C@@H](c2ccccc2)[C@@H]1c1ccccc1. The van der Waals surface area contributed by atoms with Crippen molar-refractivity contribution in [1.82, 2.24) is 10.2 Å². The smallest absolute Gasteiger partial charge is 0.417 e. The van der Waals surface area contributed by atoms with Crippen LogP contribution in [0, 0.1) is 0 Å². The van der Waals surface area contributed by atoms with E-state index in [1.165, 1.54) is 0 Å². The Labute approximate surface area is 193 Å². The number of rotatable bonds is 6. The average molecular weight is 448 g/mol. The molecule has 32 heavy (non-hydrogen) atoms. The summed E-state index contributed by atoms with van der Waals surface area (Å²) >= 11 is 6.32. The van der Waals surface area contributed by atoms with Crippen LogP contribution in [0.25, 0.3) is 0 Å². The van der Waals surface area contributed by atoms with Gasteiger partial charge in [0.25, 0.3) is 0 Å². The number of ether oxygens (including phenoxy) is 1. The predicted octanol–water partition coefficient (Wildman–Crippen LogP) is 5.87. The molecular formula is C26H26ClN3O2. The summed E-state index contributed by atoms with van der Waals surface area (Å²) in [6.45, 7) is 2.08. The van der Waals surface area contributed by atoms with Crippen molar-refractivity contribution in [2.45, 2.75) is 25.0 Å². The molecule has 0 unspecified atom stereocenters. The summed E-state index contributed by atoms with van der Waals surface area (Å²) in [6.07, 6.45) is -0.438. The summed E-state index contributed by atoms with van der Waals surface area (Å²) in [5.74, 6) is 0.784. The van der Waals surface area contributed by atoms with Gasteiger partial charge in [-0.25, -0.2) is 14.7 Å². The molecule has 0 saturated heterocycles. The normalized spacial score (nSPS) is 18.7. The summed E-state index contributed by atoms with van der Waals surface area (Å²) in [5, 5.41) is 3.41. The van der Waals surface area contributed by atoms with Gasteiger partial charge >= 0.3 is 6.09 Å². The Morgan fingerprint density at radius 3 is 2.09 bits per heavy atom.